The molecule has 1 aromatic rings. The number of sulfonamides is 1. The van der Waals surface area contributed by atoms with Gasteiger partial charge in [-0.3, -0.25) is 4.79 Å². The Hall–Kier alpha value is -1.64. The van der Waals surface area contributed by atoms with Gasteiger partial charge in [0.25, 0.3) is 0 Å². The maximum Gasteiger partial charge on any atom is 0.241 e. The number of aromatic hydroxyl groups is 1. The zero-order valence-corrected chi connectivity index (χ0v) is 12.5. The zero-order valence-electron chi connectivity index (χ0n) is 11.7. The molecule has 8 heteroatoms. The lowest BCUT2D eigenvalue weighted by Crippen LogP contribution is -2.50. The van der Waals surface area contributed by atoms with E-state index < -0.39 is 16.1 Å². The highest BCUT2D eigenvalue weighted by Crippen LogP contribution is 2.16. The van der Waals surface area contributed by atoms with Gasteiger partial charge in [0.05, 0.1) is 24.2 Å². The molecule has 1 saturated heterocycles. The predicted molar refractivity (Wildman–Crippen MR) is 75.3 cm³/mol. The lowest BCUT2D eigenvalue weighted by molar-refractivity contribution is -0.136. The minimum atomic E-state index is -3.85. The van der Waals surface area contributed by atoms with Gasteiger partial charge >= 0.3 is 0 Å². The molecule has 1 aromatic carbocycles. The molecule has 1 amide bonds. The second-order valence-electron chi connectivity index (χ2n) is 4.78. The molecule has 1 aliphatic rings. The molecule has 1 heterocycles. The molecule has 1 aliphatic heterocycles. The van der Waals surface area contributed by atoms with E-state index in [1.54, 1.807) is 4.90 Å². The van der Waals surface area contributed by atoms with Gasteiger partial charge in [-0.1, -0.05) is 6.07 Å². The van der Waals surface area contributed by atoms with E-state index in [0.29, 0.717) is 26.3 Å². The second kappa shape index (κ2) is 6.42. The van der Waals surface area contributed by atoms with E-state index in [4.69, 9.17) is 4.74 Å². The number of carbonyl (C=O) groups excluding carboxylic acids is 1. The van der Waals surface area contributed by atoms with E-state index in [2.05, 4.69) is 4.72 Å². The normalized spacial score (nSPS) is 17.5. The largest absolute Gasteiger partial charge is 0.508 e. The van der Waals surface area contributed by atoms with Crippen LogP contribution in [-0.4, -0.2) is 56.7 Å². The summed E-state index contributed by atoms with van der Waals surface area (Å²) in [7, 11) is -3.85. The number of nitrogens with zero attached hydrogens (tertiary/aromatic N) is 1. The fraction of sp³-hybridized carbons (Fsp3) is 0.462. The van der Waals surface area contributed by atoms with Crippen LogP contribution in [0, 0.1) is 0 Å². The van der Waals surface area contributed by atoms with Gasteiger partial charge in [0.2, 0.25) is 15.9 Å². The van der Waals surface area contributed by atoms with Crippen LogP contribution < -0.4 is 4.72 Å². The standard InChI is InChI=1S/C13H18N2O5S/c1-10(13(17)15-5-7-20-8-6-15)14-21(18,19)12-4-2-3-11(16)9-12/h2-4,9-10,14,16H,5-8H2,1H3. The van der Waals surface area contributed by atoms with Crippen molar-refractivity contribution < 1.29 is 23.1 Å². The van der Waals surface area contributed by atoms with E-state index in [9.17, 15) is 18.3 Å². The van der Waals surface area contributed by atoms with Crippen LogP contribution in [0.25, 0.3) is 0 Å². The van der Waals surface area contributed by atoms with E-state index in [1.807, 2.05) is 0 Å². The van der Waals surface area contributed by atoms with Crippen LogP contribution in [-0.2, 0) is 19.6 Å². The molecule has 21 heavy (non-hydrogen) atoms. The number of hydrogen-bond donors (Lipinski definition) is 2. The topological polar surface area (TPSA) is 95.9 Å². The Morgan fingerprint density at radius 1 is 1.38 bits per heavy atom. The Morgan fingerprint density at radius 2 is 2.05 bits per heavy atom. The van der Waals surface area contributed by atoms with E-state index >= 15 is 0 Å². The summed E-state index contributed by atoms with van der Waals surface area (Å²) in [6.45, 7) is 3.32. The van der Waals surface area contributed by atoms with Gasteiger partial charge in [0, 0.05) is 13.1 Å². The number of nitrogens with one attached hydrogen (secondary N) is 1. The van der Waals surface area contributed by atoms with Crippen LogP contribution in [0.1, 0.15) is 6.92 Å². The number of rotatable bonds is 4. The highest BCUT2D eigenvalue weighted by atomic mass is 32.2. The highest BCUT2D eigenvalue weighted by molar-refractivity contribution is 7.89. The third kappa shape index (κ3) is 3.93. The summed E-state index contributed by atoms with van der Waals surface area (Å²) in [6.07, 6.45) is 0. The van der Waals surface area contributed by atoms with Crippen molar-refractivity contribution in [2.75, 3.05) is 26.3 Å². The van der Waals surface area contributed by atoms with Crippen molar-refractivity contribution in [1.82, 2.24) is 9.62 Å². The van der Waals surface area contributed by atoms with Gasteiger partial charge in [-0.2, -0.15) is 4.72 Å². The first-order valence-corrected chi connectivity index (χ1v) is 8.06. The fourth-order valence-corrected chi connectivity index (χ4v) is 3.30. The van der Waals surface area contributed by atoms with E-state index in [0.717, 1.165) is 6.07 Å². The molecule has 116 valence electrons. The first-order valence-electron chi connectivity index (χ1n) is 6.58. The van der Waals surface area contributed by atoms with Crippen molar-refractivity contribution in [3.05, 3.63) is 24.3 Å². The average Bonchev–Trinajstić information content (AvgIpc) is 2.47. The molecule has 0 spiro atoms. The van der Waals surface area contributed by atoms with Crippen LogP contribution in [0.5, 0.6) is 5.75 Å². The number of hydrogen-bond acceptors (Lipinski definition) is 5. The Balaban J connectivity index is 2.07. The summed E-state index contributed by atoms with van der Waals surface area (Å²) in [4.78, 5) is 13.7. The second-order valence-corrected chi connectivity index (χ2v) is 6.49. The Bertz CT molecular complexity index is 611. The lowest BCUT2D eigenvalue weighted by atomic mass is 10.3. The number of phenols is 1. The van der Waals surface area contributed by atoms with Crippen LogP contribution in [0.15, 0.2) is 29.2 Å². The molecule has 0 bridgehead atoms. The Labute approximate surface area is 123 Å². The van der Waals surface area contributed by atoms with Gasteiger partial charge in [0.1, 0.15) is 5.75 Å². The quantitative estimate of drug-likeness (QED) is 0.810. The molecule has 1 atom stereocenters. The predicted octanol–water partition coefficient (Wildman–Crippen LogP) is -0.0822. The maximum absolute atomic E-state index is 12.2. The molecule has 2 N–H and O–H groups in total. The first kappa shape index (κ1) is 15.7. The SMILES string of the molecule is CC(NS(=O)(=O)c1cccc(O)c1)C(=O)N1CCOCC1. The van der Waals surface area contributed by atoms with Crippen molar-refractivity contribution in [2.45, 2.75) is 17.9 Å². The van der Waals surface area contributed by atoms with Crippen molar-refractivity contribution in [3.63, 3.8) is 0 Å². The third-order valence-electron chi connectivity index (χ3n) is 3.15. The number of carbonyl (C=O) groups is 1. The average molecular weight is 314 g/mol. The summed E-state index contributed by atoms with van der Waals surface area (Å²) in [6, 6.07) is 4.41. The van der Waals surface area contributed by atoms with Crippen LogP contribution in [0.2, 0.25) is 0 Å². The molecular weight excluding hydrogens is 296 g/mol. The number of phenolic OH excluding ortho intramolecular Hbond substituents is 1. The van der Waals surface area contributed by atoms with Crippen LogP contribution in [0.4, 0.5) is 0 Å². The molecule has 0 aromatic heterocycles. The van der Waals surface area contributed by atoms with Gasteiger partial charge in [-0.15, -0.1) is 0 Å². The first-order chi connectivity index (χ1) is 9.90. The van der Waals surface area contributed by atoms with Crippen molar-refractivity contribution >= 4 is 15.9 Å². The molecule has 1 fully saturated rings. The number of ether oxygens (including phenoxy) is 1. The van der Waals surface area contributed by atoms with Crippen molar-refractivity contribution in [3.8, 4) is 5.75 Å². The summed E-state index contributed by atoms with van der Waals surface area (Å²) in [5, 5.41) is 9.34. The molecule has 0 aliphatic carbocycles. The van der Waals surface area contributed by atoms with Gasteiger partial charge < -0.3 is 14.7 Å². The van der Waals surface area contributed by atoms with Crippen molar-refractivity contribution in [2.24, 2.45) is 0 Å². The third-order valence-corrected chi connectivity index (χ3v) is 4.69. The van der Waals surface area contributed by atoms with Gasteiger partial charge in [-0.25, -0.2) is 8.42 Å². The number of amides is 1. The van der Waals surface area contributed by atoms with Gasteiger partial charge in [-0.05, 0) is 25.1 Å². The van der Waals surface area contributed by atoms with E-state index in [-0.39, 0.29) is 16.6 Å². The molecule has 7 nitrogen and oxygen atoms in total. The molecule has 0 saturated carbocycles. The minimum absolute atomic E-state index is 0.0795. The Morgan fingerprint density at radius 3 is 2.67 bits per heavy atom. The van der Waals surface area contributed by atoms with E-state index in [1.165, 1.54) is 25.1 Å². The smallest absolute Gasteiger partial charge is 0.241 e. The summed E-state index contributed by atoms with van der Waals surface area (Å²) in [5.74, 6) is -0.438. The maximum atomic E-state index is 12.2. The minimum Gasteiger partial charge on any atom is -0.508 e. The van der Waals surface area contributed by atoms with Crippen LogP contribution >= 0.6 is 0 Å². The fourth-order valence-electron chi connectivity index (χ4n) is 2.06. The number of morpholine rings is 1. The zero-order chi connectivity index (χ0) is 15.5. The van der Waals surface area contributed by atoms with Crippen molar-refractivity contribution in [1.29, 1.82) is 0 Å². The highest BCUT2D eigenvalue weighted by Gasteiger charge is 2.26. The monoisotopic (exact) mass is 314 g/mol. The van der Waals surface area contributed by atoms with Crippen LogP contribution in [0.3, 0.4) is 0 Å². The number of benzene rings is 1. The molecular formula is C13H18N2O5S. The summed E-state index contributed by atoms with van der Waals surface area (Å²) in [5.41, 5.74) is 0. The molecule has 0 radical (unpaired) electrons. The molecule has 1 unspecified atom stereocenters. The van der Waals surface area contributed by atoms with Gasteiger partial charge in [0.15, 0.2) is 0 Å². The summed E-state index contributed by atoms with van der Waals surface area (Å²) < 4.78 is 31.8. The summed E-state index contributed by atoms with van der Waals surface area (Å²) >= 11 is 0. The lowest BCUT2D eigenvalue weighted by Gasteiger charge is -2.29. The Kier molecular flexibility index (Phi) is 4.81. The molecule has 2 rings (SSSR count).